The Morgan fingerprint density at radius 3 is 2.47 bits per heavy atom. The third-order valence-electron chi connectivity index (χ3n) is 4.85. The molecule has 0 spiro atoms. The molecule has 1 heterocycles. The van der Waals surface area contributed by atoms with Crippen molar-refractivity contribution < 1.29 is 4.74 Å². The van der Waals surface area contributed by atoms with Crippen LogP contribution in [0.1, 0.15) is 45.4 Å². The van der Waals surface area contributed by atoms with Crippen LogP contribution in [0.15, 0.2) is 0 Å². The first-order valence-electron chi connectivity index (χ1n) is 7.24. The second-order valence-corrected chi connectivity index (χ2v) is 5.83. The third-order valence-corrected chi connectivity index (χ3v) is 4.85. The number of likely N-dealkylation sites (tertiary alicyclic amines) is 1. The first-order chi connectivity index (χ1) is 8.26. The van der Waals surface area contributed by atoms with E-state index in [1.165, 1.54) is 45.1 Å². The van der Waals surface area contributed by atoms with E-state index in [4.69, 9.17) is 10.5 Å². The molecule has 100 valence electrons. The maximum absolute atomic E-state index is 5.98. The normalized spacial score (nSPS) is 40.4. The lowest BCUT2D eigenvalue weighted by molar-refractivity contribution is 0.00416. The molecule has 2 unspecified atom stereocenters. The quantitative estimate of drug-likeness (QED) is 0.820. The summed E-state index contributed by atoms with van der Waals surface area (Å²) in [7, 11) is 1.84. The first-order valence-corrected chi connectivity index (χ1v) is 7.24. The van der Waals surface area contributed by atoms with Gasteiger partial charge in [-0.15, -0.1) is 0 Å². The summed E-state index contributed by atoms with van der Waals surface area (Å²) < 4.78 is 5.46. The van der Waals surface area contributed by atoms with E-state index in [1.807, 2.05) is 7.11 Å². The van der Waals surface area contributed by atoms with E-state index in [9.17, 15) is 0 Å². The number of hydrogen-bond acceptors (Lipinski definition) is 3. The van der Waals surface area contributed by atoms with Crippen molar-refractivity contribution in [2.45, 2.75) is 63.6 Å². The monoisotopic (exact) mass is 240 g/mol. The van der Waals surface area contributed by atoms with Gasteiger partial charge in [-0.2, -0.15) is 0 Å². The SMILES string of the molecule is COC1CCC(N2CCCC(C)C2CN)CC1. The Balaban J connectivity index is 1.92. The lowest BCUT2D eigenvalue weighted by Gasteiger charge is -2.46. The molecular formula is C14H28N2O. The molecule has 2 aliphatic rings. The molecule has 2 atom stereocenters. The largest absolute Gasteiger partial charge is 0.381 e. The molecular weight excluding hydrogens is 212 g/mol. The lowest BCUT2D eigenvalue weighted by Crippen LogP contribution is -2.54. The molecule has 0 radical (unpaired) electrons. The average molecular weight is 240 g/mol. The topological polar surface area (TPSA) is 38.5 Å². The molecule has 1 saturated carbocycles. The average Bonchev–Trinajstić information content (AvgIpc) is 2.38. The Morgan fingerprint density at radius 1 is 1.18 bits per heavy atom. The van der Waals surface area contributed by atoms with E-state index in [0.717, 1.165) is 18.5 Å². The molecule has 1 aliphatic carbocycles. The maximum atomic E-state index is 5.98. The van der Waals surface area contributed by atoms with Gasteiger partial charge in [-0.1, -0.05) is 6.92 Å². The molecule has 2 N–H and O–H groups in total. The minimum atomic E-state index is 0.504. The number of methoxy groups -OCH3 is 1. The van der Waals surface area contributed by atoms with Gasteiger partial charge in [0.25, 0.3) is 0 Å². The molecule has 3 heteroatoms. The summed E-state index contributed by atoms with van der Waals surface area (Å²) in [6, 6.07) is 1.38. The van der Waals surface area contributed by atoms with Gasteiger partial charge in [0.1, 0.15) is 0 Å². The molecule has 0 bridgehead atoms. The van der Waals surface area contributed by atoms with Gasteiger partial charge in [0, 0.05) is 25.7 Å². The Morgan fingerprint density at radius 2 is 1.88 bits per heavy atom. The number of hydrogen-bond donors (Lipinski definition) is 1. The number of piperidine rings is 1. The van der Waals surface area contributed by atoms with Crippen LogP contribution in [0.4, 0.5) is 0 Å². The fourth-order valence-electron chi connectivity index (χ4n) is 3.71. The van der Waals surface area contributed by atoms with Crippen LogP contribution in [0.2, 0.25) is 0 Å². The zero-order valence-electron chi connectivity index (χ0n) is 11.4. The number of rotatable bonds is 3. The minimum absolute atomic E-state index is 0.504. The van der Waals surface area contributed by atoms with Gasteiger partial charge in [0.15, 0.2) is 0 Å². The zero-order valence-corrected chi connectivity index (χ0v) is 11.4. The molecule has 1 aliphatic heterocycles. The molecule has 0 aromatic carbocycles. The molecule has 3 nitrogen and oxygen atoms in total. The summed E-state index contributed by atoms with van der Waals surface area (Å²) in [5.74, 6) is 0.772. The van der Waals surface area contributed by atoms with Crippen LogP contribution in [0.25, 0.3) is 0 Å². The van der Waals surface area contributed by atoms with Crippen molar-refractivity contribution in [2.24, 2.45) is 11.7 Å². The minimum Gasteiger partial charge on any atom is -0.381 e. The van der Waals surface area contributed by atoms with E-state index < -0.39 is 0 Å². The highest BCUT2D eigenvalue weighted by Gasteiger charge is 2.34. The second-order valence-electron chi connectivity index (χ2n) is 5.83. The van der Waals surface area contributed by atoms with E-state index in [-0.39, 0.29) is 0 Å². The van der Waals surface area contributed by atoms with Gasteiger partial charge >= 0.3 is 0 Å². The van der Waals surface area contributed by atoms with E-state index in [0.29, 0.717) is 12.1 Å². The number of ether oxygens (including phenoxy) is 1. The van der Waals surface area contributed by atoms with E-state index in [1.54, 1.807) is 0 Å². The smallest absolute Gasteiger partial charge is 0.0572 e. The number of nitrogens with two attached hydrogens (primary N) is 1. The highest BCUT2D eigenvalue weighted by atomic mass is 16.5. The summed E-state index contributed by atoms with van der Waals surface area (Å²) >= 11 is 0. The van der Waals surface area contributed by atoms with E-state index in [2.05, 4.69) is 11.8 Å². The first kappa shape index (κ1) is 13.3. The zero-order chi connectivity index (χ0) is 12.3. The molecule has 2 fully saturated rings. The van der Waals surface area contributed by atoms with Crippen molar-refractivity contribution in [1.82, 2.24) is 4.90 Å². The number of nitrogens with zero attached hydrogens (tertiary/aromatic N) is 1. The predicted molar refractivity (Wildman–Crippen MR) is 71.0 cm³/mol. The highest BCUT2D eigenvalue weighted by Crippen LogP contribution is 2.31. The standard InChI is InChI=1S/C14H28N2O/c1-11-4-3-9-16(14(11)10-15)12-5-7-13(17-2)8-6-12/h11-14H,3-10,15H2,1-2H3. The molecule has 0 aromatic heterocycles. The third kappa shape index (κ3) is 3.01. The van der Waals surface area contributed by atoms with Gasteiger partial charge < -0.3 is 10.5 Å². The van der Waals surface area contributed by atoms with Crippen LogP contribution in [-0.4, -0.2) is 43.3 Å². The van der Waals surface area contributed by atoms with Crippen LogP contribution in [0.3, 0.4) is 0 Å². The van der Waals surface area contributed by atoms with Crippen molar-refractivity contribution in [3.05, 3.63) is 0 Å². The molecule has 17 heavy (non-hydrogen) atoms. The van der Waals surface area contributed by atoms with Crippen molar-refractivity contribution in [3.63, 3.8) is 0 Å². The molecule has 1 saturated heterocycles. The summed E-state index contributed by atoms with van der Waals surface area (Å²) in [5, 5.41) is 0. The van der Waals surface area contributed by atoms with Crippen molar-refractivity contribution >= 4 is 0 Å². The Hall–Kier alpha value is -0.120. The molecule has 0 aromatic rings. The summed E-state index contributed by atoms with van der Waals surface area (Å²) in [4.78, 5) is 2.71. The van der Waals surface area contributed by atoms with Gasteiger partial charge in [-0.3, -0.25) is 4.90 Å². The van der Waals surface area contributed by atoms with Gasteiger partial charge in [0.05, 0.1) is 6.10 Å². The fourth-order valence-corrected chi connectivity index (χ4v) is 3.71. The predicted octanol–water partition coefficient (Wildman–Crippen LogP) is 2.00. The molecule has 2 rings (SSSR count). The van der Waals surface area contributed by atoms with Crippen LogP contribution in [0.5, 0.6) is 0 Å². The Kier molecular flexibility index (Phi) is 4.83. The maximum Gasteiger partial charge on any atom is 0.0572 e. The summed E-state index contributed by atoms with van der Waals surface area (Å²) in [6.45, 7) is 4.45. The molecule has 0 amide bonds. The fraction of sp³-hybridized carbons (Fsp3) is 1.00. The van der Waals surface area contributed by atoms with Crippen molar-refractivity contribution in [2.75, 3.05) is 20.2 Å². The van der Waals surface area contributed by atoms with Crippen molar-refractivity contribution in [3.8, 4) is 0 Å². The lowest BCUT2D eigenvalue weighted by atomic mass is 9.85. The van der Waals surface area contributed by atoms with Crippen molar-refractivity contribution in [1.29, 1.82) is 0 Å². The van der Waals surface area contributed by atoms with Crippen LogP contribution in [-0.2, 0) is 4.74 Å². The summed E-state index contributed by atoms with van der Waals surface area (Å²) in [6.07, 6.45) is 8.24. The van der Waals surface area contributed by atoms with Crippen LogP contribution in [0, 0.1) is 5.92 Å². The summed E-state index contributed by atoms with van der Waals surface area (Å²) in [5.41, 5.74) is 5.98. The van der Waals surface area contributed by atoms with Crippen LogP contribution < -0.4 is 5.73 Å². The van der Waals surface area contributed by atoms with Gasteiger partial charge in [-0.05, 0) is 51.0 Å². The second kappa shape index (κ2) is 6.17. The van der Waals surface area contributed by atoms with Crippen LogP contribution >= 0.6 is 0 Å². The van der Waals surface area contributed by atoms with Gasteiger partial charge in [-0.25, -0.2) is 0 Å². The van der Waals surface area contributed by atoms with E-state index >= 15 is 0 Å². The van der Waals surface area contributed by atoms with Gasteiger partial charge in [0.2, 0.25) is 0 Å². The Bertz CT molecular complexity index is 226. The Labute approximate surface area is 106 Å². The highest BCUT2D eigenvalue weighted by molar-refractivity contribution is 4.89.